The lowest BCUT2D eigenvalue weighted by Gasteiger charge is -2.34. The number of nitrogens with zero attached hydrogens (tertiary/aromatic N) is 1. The van der Waals surface area contributed by atoms with Gasteiger partial charge in [-0.3, -0.25) is 4.90 Å². The van der Waals surface area contributed by atoms with E-state index in [1.54, 1.807) is 0 Å². The molecule has 1 N–H and O–H groups in total. The molecule has 0 amide bonds. The van der Waals surface area contributed by atoms with Crippen molar-refractivity contribution < 1.29 is 5.11 Å². The molecule has 2 fully saturated rings. The third-order valence-corrected chi connectivity index (χ3v) is 6.24. The Balaban J connectivity index is 1.45. The number of likely N-dealkylation sites (tertiary alicyclic amines) is 1. The van der Waals surface area contributed by atoms with E-state index in [9.17, 15) is 5.11 Å². The number of phenols is 1. The van der Waals surface area contributed by atoms with Gasteiger partial charge in [0.2, 0.25) is 0 Å². The third-order valence-electron chi connectivity index (χ3n) is 6.24. The van der Waals surface area contributed by atoms with E-state index in [-0.39, 0.29) is 0 Å². The van der Waals surface area contributed by atoms with E-state index in [1.165, 1.54) is 69.2 Å². The number of aromatic hydroxyl groups is 1. The average molecular weight is 285 g/mol. The molecule has 1 heterocycles. The quantitative estimate of drug-likeness (QED) is 0.904. The molecule has 0 unspecified atom stereocenters. The zero-order chi connectivity index (χ0) is 14.2. The summed E-state index contributed by atoms with van der Waals surface area (Å²) in [6.45, 7) is 2.57. The van der Waals surface area contributed by atoms with Crippen molar-refractivity contribution in [1.29, 1.82) is 0 Å². The summed E-state index contributed by atoms with van der Waals surface area (Å²) in [7, 11) is 0. The highest BCUT2D eigenvalue weighted by Gasteiger charge is 2.39. The van der Waals surface area contributed by atoms with Gasteiger partial charge in [0, 0.05) is 12.0 Å². The number of hydrogen-bond acceptors (Lipinski definition) is 2. The number of benzene rings is 1. The summed E-state index contributed by atoms with van der Waals surface area (Å²) in [5, 5.41) is 10.1. The van der Waals surface area contributed by atoms with Gasteiger partial charge >= 0.3 is 0 Å². The van der Waals surface area contributed by atoms with Crippen LogP contribution in [0.5, 0.6) is 5.75 Å². The molecule has 1 saturated heterocycles. The van der Waals surface area contributed by atoms with E-state index in [0.29, 0.717) is 11.7 Å². The molecule has 4 rings (SSSR count). The zero-order valence-corrected chi connectivity index (χ0v) is 12.9. The molecule has 1 aliphatic heterocycles. The molecule has 21 heavy (non-hydrogen) atoms. The van der Waals surface area contributed by atoms with E-state index in [2.05, 4.69) is 11.0 Å². The van der Waals surface area contributed by atoms with Crippen LogP contribution in [0.1, 0.15) is 62.0 Å². The fraction of sp³-hybridized carbons (Fsp3) is 0.684. The van der Waals surface area contributed by atoms with Crippen molar-refractivity contribution in [2.45, 2.75) is 63.3 Å². The largest absolute Gasteiger partial charge is 0.508 e. The van der Waals surface area contributed by atoms with E-state index < -0.39 is 0 Å². The summed E-state index contributed by atoms with van der Waals surface area (Å²) >= 11 is 0. The Kier molecular flexibility index (Phi) is 3.66. The van der Waals surface area contributed by atoms with E-state index in [0.717, 1.165) is 18.4 Å². The van der Waals surface area contributed by atoms with Gasteiger partial charge in [-0.05, 0) is 61.9 Å². The Bertz CT molecular complexity index is 506. The van der Waals surface area contributed by atoms with E-state index >= 15 is 0 Å². The molecule has 2 nitrogen and oxygen atoms in total. The second-order valence-electron chi connectivity index (χ2n) is 7.32. The molecular weight excluding hydrogens is 258 g/mol. The Morgan fingerprint density at radius 3 is 2.81 bits per heavy atom. The summed E-state index contributed by atoms with van der Waals surface area (Å²) in [6.07, 6.45) is 10.9. The predicted octanol–water partition coefficient (Wildman–Crippen LogP) is 4.08. The Labute approximate surface area is 128 Å². The lowest BCUT2D eigenvalue weighted by molar-refractivity contribution is 0.211. The second-order valence-corrected chi connectivity index (χ2v) is 7.32. The number of phenolic OH excluding ortho intramolecular Hbond substituents is 1. The van der Waals surface area contributed by atoms with E-state index in [1.807, 2.05) is 12.1 Å². The maximum Gasteiger partial charge on any atom is 0.119 e. The third kappa shape index (κ3) is 2.48. The molecule has 1 aromatic carbocycles. The SMILES string of the molecule is Oc1cccc2c1CC[C@H]1[C@@H]2CCN1CCC1CCCC1. The molecular formula is C19H27NO. The van der Waals surface area contributed by atoms with Gasteiger partial charge in [-0.1, -0.05) is 37.8 Å². The standard InChI is InChI=1S/C19H27NO/c21-19-7-3-6-15-16-11-13-20(18(16)9-8-17(15)19)12-10-14-4-1-2-5-14/h3,6-7,14,16,18,21H,1-2,4-5,8-13H2/t16-,18+/m1/s1. The van der Waals surface area contributed by atoms with Gasteiger partial charge in [0.05, 0.1) is 0 Å². The fourth-order valence-corrected chi connectivity index (χ4v) is 5.09. The van der Waals surface area contributed by atoms with Gasteiger partial charge in [0.15, 0.2) is 0 Å². The summed E-state index contributed by atoms with van der Waals surface area (Å²) in [4.78, 5) is 2.76. The first-order chi connectivity index (χ1) is 10.3. The molecule has 1 saturated carbocycles. The topological polar surface area (TPSA) is 23.5 Å². The number of rotatable bonds is 3. The van der Waals surface area contributed by atoms with Crippen LogP contribution < -0.4 is 0 Å². The molecule has 2 atom stereocenters. The molecule has 114 valence electrons. The van der Waals surface area contributed by atoms with Crippen LogP contribution in [0.3, 0.4) is 0 Å². The van der Waals surface area contributed by atoms with Crippen molar-refractivity contribution in [3.63, 3.8) is 0 Å². The molecule has 1 aromatic rings. The Morgan fingerprint density at radius 2 is 1.95 bits per heavy atom. The second kappa shape index (κ2) is 5.64. The Hall–Kier alpha value is -1.02. The van der Waals surface area contributed by atoms with Gasteiger partial charge in [0.1, 0.15) is 5.75 Å². The minimum Gasteiger partial charge on any atom is -0.508 e. The van der Waals surface area contributed by atoms with Crippen LogP contribution in [0.25, 0.3) is 0 Å². The van der Waals surface area contributed by atoms with Crippen LogP contribution in [0, 0.1) is 5.92 Å². The lowest BCUT2D eigenvalue weighted by Crippen LogP contribution is -2.36. The van der Waals surface area contributed by atoms with Crippen LogP contribution in [0.15, 0.2) is 18.2 Å². The molecule has 0 aromatic heterocycles. The molecule has 2 heteroatoms. The van der Waals surface area contributed by atoms with Crippen molar-refractivity contribution in [3.8, 4) is 5.75 Å². The van der Waals surface area contributed by atoms with Gasteiger partial charge in [0.25, 0.3) is 0 Å². The summed E-state index contributed by atoms with van der Waals surface area (Å²) in [5.74, 6) is 2.20. The predicted molar refractivity (Wildman–Crippen MR) is 85.7 cm³/mol. The highest BCUT2D eigenvalue weighted by atomic mass is 16.3. The van der Waals surface area contributed by atoms with Crippen molar-refractivity contribution >= 4 is 0 Å². The van der Waals surface area contributed by atoms with Crippen molar-refractivity contribution in [2.75, 3.05) is 13.1 Å². The minimum atomic E-state index is 0.523. The molecule has 2 aliphatic carbocycles. The minimum absolute atomic E-state index is 0.523. The van der Waals surface area contributed by atoms with Gasteiger partial charge < -0.3 is 5.11 Å². The highest BCUT2D eigenvalue weighted by molar-refractivity contribution is 5.44. The fourth-order valence-electron chi connectivity index (χ4n) is 5.09. The van der Waals surface area contributed by atoms with Gasteiger partial charge in [-0.2, -0.15) is 0 Å². The molecule has 3 aliphatic rings. The molecule has 0 radical (unpaired) electrons. The van der Waals surface area contributed by atoms with Crippen molar-refractivity contribution in [2.24, 2.45) is 5.92 Å². The first kappa shape index (κ1) is 13.6. The van der Waals surface area contributed by atoms with Crippen molar-refractivity contribution in [1.82, 2.24) is 4.90 Å². The summed E-state index contributed by atoms with van der Waals surface area (Å²) in [5.41, 5.74) is 2.67. The first-order valence-corrected chi connectivity index (χ1v) is 8.88. The monoisotopic (exact) mass is 285 g/mol. The summed E-state index contributed by atoms with van der Waals surface area (Å²) < 4.78 is 0. The van der Waals surface area contributed by atoms with Crippen LogP contribution in [-0.2, 0) is 6.42 Å². The van der Waals surface area contributed by atoms with Crippen LogP contribution in [-0.4, -0.2) is 29.1 Å². The summed E-state index contributed by atoms with van der Waals surface area (Å²) in [6, 6.07) is 6.87. The first-order valence-electron chi connectivity index (χ1n) is 8.88. The molecule has 0 spiro atoms. The highest BCUT2D eigenvalue weighted by Crippen LogP contribution is 2.44. The van der Waals surface area contributed by atoms with Crippen LogP contribution in [0.4, 0.5) is 0 Å². The van der Waals surface area contributed by atoms with Crippen LogP contribution in [0.2, 0.25) is 0 Å². The smallest absolute Gasteiger partial charge is 0.119 e. The maximum atomic E-state index is 10.1. The van der Waals surface area contributed by atoms with Crippen LogP contribution >= 0.6 is 0 Å². The normalized spacial score (nSPS) is 29.5. The maximum absolute atomic E-state index is 10.1. The van der Waals surface area contributed by atoms with Crippen molar-refractivity contribution in [3.05, 3.63) is 29.3 Å². The zero-order valence-electron chi connectivity index (χ0n) is 12.9. The molecule has 0 bridgehead atoms. The number of fused-ring (bicyclic) bond motifs is 3. The number of hydrogen-bond donors (Lipinski definition) is 1. The lowest BCUT2D eigenvalue weighted by atomic mass is 9.79. The van der Waals surface area contributed by atoms with Gasteiger partial charge in [-0.15, -0.1) is 0 Å². The van der Waals surface area contributed by atoms with Gasteiger partial charge in [-0.25, -0.2) is 0 Å². The average Bonchev–Trinajstić information content (AvgIpc) is 3.15. The van der Waals surface area contributed by atoms with E-state index in [4.69, 9.17) is 0 Å². The Morgan fingerprint density at radius 1 is 1.10 bits per heavy atom.